The summed E-state index contributed by atoms with van der Waals surface area (Å²) in [5, 5.41) is 16.4. The van der Waals surface area contributed by atoms with Crippen molar-refractivity contribution in [3.63, 3.8) is 0 Å². The van der Waals surface area contributed by atoms with E-state index in [-0.39, 0.29) is 12.1 Å². The van der Waals surface area contributed by atoms with Crippen LogP contribution >= 0.6 is 0 Å². The highest BCUT2D eigenvalue weighted by atomic mass is 15.2. The topological polar surface area (TPSA) is 122 Å². The molecule has 0 spiro atoms. The monoisotopic (exact) mass is 384 g/mol. The van der Waals surface area contributed by atoms with Crippen molar-refractivity contribution in [3.05, 3.63) is 48.4 Å². The molecule has 144 valence electrons. The highest BCUT2D eigenvalue weighted by Gasteiger charge is 2.26. The van der Waals surface area contributed by atoms with Gasteiger partial charge in [0, 0.05) is 17.6 Å². The van der Waals surface area contributed by atoms with Gasteiger partial charge >= 0.3 is 0 Å². The predicted molar refractivity (Wildman–Crippen MR) is 109 cm³/mol. The number of imidazole rings is 1. The van der Waals surface area contributed by atoms with E-state index in [1.54, 1.807) is 6.20 Å². The summed E-state index contributed by atoms with van der Waals surface area (Å²) in [7, 11) is 0. The first kappa shape index (κ1) is 17.5. The zero-order valence-corrected chi connectivity index (χ0v) is 15.8. The molecule has 3 heterocycles. The van der Waals surface area contributed by atoms with Gasteiger partial charge in [0.15, 0.2) is 5.82 Å². The largest absolute Gasteiger partial charge is 0.328 e. The second-order valence-corrected chi connectivity index (χ2v) is 7.44. The number of hydrogen-bond acceptors (Lipinski definition) is 6. The first-order valence-corrected chi connectivity index (χ1v) is 9.73. The van der Waals surface area contributed by atoms with Gasteiger partial charge in [0.05, 0.1) is 23.3 Å². The van der Waals surface area contributed by atoms with E-state index in [0.29, 0.717) is 17.1 Å². The van der Waals surface area contributed by atoms with Gasteiger partial charge in [-0.1, -0.05) is 12.1 Å². The van der Waals surface area contributed by atoms with Crippen molar-refractivity contribution in [1.29, 1.82) is 5.26 Å². The normalized spacial score (nSPS) is 19.3. The second kappa shape index (κ2) is 7.11. The van der Waals surface area contributed by atoms with Crippen molar-refractivity contribution in [2.45, 2.75) is 37.8 Å². The standard InChI is InChI=1S/C21H20N8/c22-10-13-4-1-2-7-16(13)21-27-18-11-24-17(20-25-12-26-28-20)9-19(18)29(21)15-6-3-5-14(23)8-15/h1-2,4,7,9,11-12,14-15H,3,5-6,8,23H2,(H,25,26,28)/t14-,15+/m0/s1. The molecule has 1 fully saturated rings. The number of benzene rings is 1. The maximum Gasteiger partial charge on any atom is 0.174 e. The van der Waals surface area contributed by atoms with Crippen molar-refractivity contribution < 1.29 is 0 Å². The van der Waals surface area contributed by atoms with E-state index in [4.69, 9.17) is 10.7 Å². The number of rotatable bonds is 3. The first-order chi connectivity index (χ1) is 14.2. The number of hydrogen-bond donors (Lipinski definition) is 2. The van der Waals surface area contributed by atoms with Crippen LogP contribution in [0, 0.1) is 11.3 Å². The van der Waals surface area contributed by atoms with Gasteiger partial charge in [-0.05, 0) is 43.9 Å². The molecule has 4 aromatic rings. The van der Waals surface area contributed by atoms with Crippen LogP contribution in [0.25, 0.3) is 33.9 Å². The molecule has 0 unspecified atom stereocenters. The van der Waals surface area contributed by atoms with Gasteiger partial charge in [0.25, 0.3) is 0 Å². The van der Waals surface area contributed by atoms with Crippen LogP contribution in [0.5, 0.6) is 0 Å². The van der Waals surface area contributed by atoms with Crippen molar-refractivity contribution in [2.24, 2.45) is 5.73 Å². The first-order valence-electron chi connectivity index (χ1n) is 9.73. The highest BCUT2D eigenvalue weighted by Crippen LogP contribution is 2.37. The lowest BCUT2D eigenvalue weighted by Crippen LogP contribution is -2.29. The van der Waals surface area contributed by atoms with Gasteiger partial charge < -0.3 is 10.3 Å². The lowest BCUT2D eigenvalue weighted by Gasteiger charge is -2.29. The lowest BCUT2D eigenvalue weighted by molar-refractivity contribution is 0.327. The third-order valence-electron chi connectivity index (χ3n) is 5.57. The Kier molecular flexibility index (Phi) is 4.30. The molecule has 0 bridgehead atoms. The van der Waals surface area contributed by atoms with Crippen molar-refractivity contribution in [1.82, 2.24) is 29.7 Å². The van der Waals surface area contributed by atoms with E-state index < -0.39 is 0 Å². The van der Waals surface area contributed by atoms with Crippen molar-refractivity contribution >= 4 is 11.0 Å². The van der Waals surface area contributed by atoms with Crippen LogP contribution in [-0.4, -0.2) is 35.8 Å². The van der Waals surface area contributed by atoms with Crippen LogP contribution in [0.2, 0.25) is 0 Å². The summed E-state index contributed by atoms with van der Waals surface area (Å²) in [6.45, 7) is 0. The number of aromatic nitrogens is 6. The Morgan fingerprint density at radius 2 is 2.10 bits per heavy atom. The number of nitrogens with zero attached hydrogens (tertiary/aromatic N) is 6. The van der Waals surface area contributed by atoms with Crippen LogP contribution in [0.4, 0.5) is 0 Å². The fourth-order valence-electron chi connectivity index (χ4n) is 4.23. The molecule has 8 heteroatoms. The molecule has 0 amide bonds. The Labute approximate surface area is 167 Å². The fourth-order valence-corrected chi connectivity index (χ4v) is 4.23. The van der Waals surface area contributed by atoms with E-state index in [1.807, 2.05) is 30.3 Å². The van der Waals surface area contributed by atoms with Gasteiger partial charge in [-0.15, -0.1) is 0 Å². The number of nitrogens with one attached hydrogen (secondary N) is 1. The predicted octanol–water partition coefficient (Wildman–Crippen LogP) is 3.20. The second-order valence-electron chi connectivity index (χ2n) is 7.44. The third-order valence-corrected chi connectivity index (χ3v) is 5.57. The smallest absolute Gasteiger partial charge is 0.174 e. The molecular weight excluding hydrogens is 364 g/mol. The minimum absolute atomic E-state index is 0.167. The molecule has 2 atom stereocenters. The molecule has 5 rings (SSSR count). The molecule has 1 aliphatic carbocycles. The molecule has 29 heavy (non-hydrogen) atoms. The maximum absolute atomic E-state index is 9.63. The Bertz CT molecular complexity index is 1200. The van der Waals surface area contributed by atoms with Gasteiger partial charge in [-0.2, -0.15) is 10.4 Å². The molecule has 0 aliphatic heterocycles. The van der Waals surface area contributed by atoms with Crippen LogP contribution < -0.4 is 5.73 Å². The van der Waals surface area contributed by atoms with Crippen LogP contribution in [-0.2, 0) is 0 Å². The van der Waals surface area contributed by atoms with Gasteiger partial charge in [-0.25, -0.2) is 9.97 Å². The number of nitrogens with two attached hydrogens (primary N) is 1. The van der Waals surface area contributed by atoms with E-state index >= 15 is 0 Å². The Morgan fingerprint density at radius 1 is 1.21 bits per heavy atom. The summed E-state index contributed by atoms with van der Waals surface area (Å²) in [4.78, 5) is 13.6. The van der Waals surface area contributed by atoms with E-state index in [0.717, 1.165) is 48.1 Å². The van der Waals surface area contributed by atoms with Crippen molar-refractivity contribution in [3.8, 4) is 29.0 Å². The summed E-state index contributed by atoms with van der Waals surface area (Å²) < 4.78 is 2.24. The van der Waals surface area contributed by atoms with Gasteiger partial charge in [0.2, 0.25) is 0 Å². The average molecular weight is 384 g/mol. The number of nitriles is 1. The molecule has 1 saturated carbocycles. The van der Waals surface area contributed by atoms with Crippen LogP contribution in [0.15, 0.2) is 42.9 Å². The molecule has 0 radical (unpaired) electrons. The Balaban J connectivity index is 1.76. The summed E-state index contributed by atoms with van der Waals surface area (Å²) in [6, 6.07) is 12.2. The Hall–Kier alpha value is -3.57. The SMILES string of the molecule is N#Cc1ccccc1-c1nc2cnc(-c3ncn[nH]3)cc2n1[C@@H]1CCC[C@H](N)C1. The van der Waals surface area contributed by atoms with Gasteiger partial charge in [0.1, 0.15) is 23.4 Å². The van der Waals surface area contributed by atoms with E-state index in [1.165, 1.54) is 6.33 Å². The van der Waals surface area contributed by atoms with Crippen molar-refractivity contribution in [2.75, 3.05) is 0 Å². The maximum atomic E-state index is 9.63. The number of aromatic amines is 1. The molecule has 1 aromatic carbocycles. The summed E-state index contributed by atoms with van der Waals surface area (Å²) in [5.41, 5.74) is 10.2. The lowest BCUT2D eigenvalue weighted by atomic mass is 9.91. The highest BCUT2D eigenvalue weighted by molar-refractivity contribution is 5.84. The molecule has 3 aromatic heterocycles. The van der Waals surface area contributed by atoms with Crippen LogP contribution in [0.1, 0.15) is 37.3 Å². The minimum atomic E-state index is 0.167. The van der Waals surface area contributed by atoms with Gasteiger partial charge in [-0.3, -0.25) is 10.1 Å². The zero-order valence-electron chi connectivity index (χ0n) is 15.8. The summed E-state index contributed by atoms with van der Waals surface area (Å²) >= 11 is 0. The Morgan fingerprint density at radius 3 is 2.90 bits per heavy atom. The van der Waals surface area contributed by atoms with E-state index in [9.17, 15) is 5.26 Å². The summed E-state index contributed by atoms with van der Waals surface area (Å²) in [6.07, 6.45) is 7.25. The average Bonchev–Trinajstić information content (AvgIpc) is 3.41. The minimum Gasteiger partial charge on any atom is -0.328 e. The zero-order chi connectivity index (χ0) is 19.8. The summed E-state index contributed by atoms with van der Waals surface area (Å²) in [5.74, 6) is 1.40. The number of H-pyrrole nitrogens is 1. The molecule has 8 nitrogen and oxygen atoms in total. The molecular formula is C21H20N8. The van der Waals surface area contributed by atoms with Crippen LogP contribution in [0.3, 0.4) is 0 Å². The quantitative estimate of drug-likeness (QED) is 0.559. The fraction of sp³-hybridized carbons (Fsp3) is 0.286. The number of fused-ring (bicyclic) bond motifs is 1. The molecule has 1 aliphatic rings. The van der Waals surface area contributed by atoms with E-state index in [2.05, 4.69) is 30.8 Å². The molecule has 0 saturated heterocycles. The third kappa shape index (κ3) is 3.05. The number of pyridine rings is 1. The molecule has 3 N–H and O–H groups in total.